The lowest BCUT2D eigenvalue weighted by atomic mass is 9.96. The lowest BCUT2D eigenvalue weighted by Crippen LogP contribution is -2.63. The molecule has 0 radical (unpaired) electrons. The molecule has 0 aromatic heterocycles. The molecule has 19 atom stereocenters. The number of hydrogen-bond acceptors (Lipinski definition) is 27. The third-order valence-corrected chi connectivity index (χ3v) is 23.5. The number of ether oxygens (including phenoxy) is 1. The quantitative estimate of drug-likeness (QED) is 0.0157. The van der Waals surface area contributed by atoms with Crippen LogP contribution in [-0.2, 0) is 101 Å². The van der Waals surface area contributed by atoms with Crippen LogP contribution >= 0.6 is 0 Å². The highest BCUT2D eigenvalue weighted by Crippen LogP contribution is 2.23. The van der Waals surface area contributed by atoms with E-state index in [0.29, 0.717) is 25.7 Å². The van der Waals surface area contributed by atoms with Gasteiger partial charge in [-0.25, -0.2) is 4.79 Å². The van der Waals surface area contributed by atoms with E-state index in [0.717, 1.165) is 12.5 Å². The fourth-order valence-electron chi connectivity index (χ4n) is 15.2. The van der Waals surface area contributed by atoms with Gasteiger partial charge in [0, 0.05) is 19.6 Å². The number of aliphatic hydroxyl groups excluding tert-OH is 4. The monoisotopic (exact) mass is 1970 g/mol. The van der Waals surface area contributed by atoms with Crippen LogP contribution in [0.25, 0.3) is 0 Å². The van der Waals surface area contributed by atoms with Crippen molar-refractivity contribution in [2.45, 2.75) is 357 Å². The molecule has 0 aliphatic carbocycles. The van der Waals surface area contributed by atoms with Gasteiger partial charge in [-0.3, -0.25) is 91.1 Å². The molecule has 788 valence electrons. The van der Waals surface area contributed by atoms with Crippen LogP contribution in [0.1, 0.15) is 248 Å². The Labute approximate surface area is 815 Å². The molecule has 2 aliphatic heterocycles. The molecule has 2 rings (SSSR count). The number of likely N-dealkylation sites (tertiary alicyclic amines) is 1. The number of nitrogens with two attached hydrogens (primary N) is 3. The largest absolute Gasteiger partial charge is 0.458 e. The predicted molar refractivity (Wildman–Crippen MR) is 511 cm³/mol. The van der Waals surface area contributed by atoms with Gasteiger partial charge in [0.05, 0.1) is 25.7 Å². The molecule has 2 aliphatic rings. The van der Waals surface area contributed by atoms with E-state index in [1.807, 2.05) is 6.92 Å². The summed E-state index contributed by atoms with van der Waals surface area (Å²) in [5.74, 6) is -23.7. The van der Waals surface area contributed by atoms with Crippen molar-refractivity contribution in [1.29, 1.82) is 0 Å². The minimum Gasteiger partial charge on any atom is -0.458 e. The average molecular weight is 1970 g/mol. The molecular formula is C93H161N21O25. The highest BCUT2D eigenvalue weighted by Gasteiger charge is 2.44. The predicted octanol–water partition coefficient (Wildman–Crippen LogP) is -3.91. The van der Waals surface area contributed by atoms with Crippen molar-refractivity contribution >= 4 is 118 Å². The molecule has 0 saturated carbocycles. The van der Waals surface area contributed by atoms with Gasteiger partial charge in [0.1, 0.15) is 114 Å². The minimum atomic E-state index is -1.89. The molecule has 46 nitrogen and oxygen atoms in total. The first-order valence-electron chi connectivity index (χ1n) is 48.5. The summed E-state index contributed by atoms with van der Waals surface area (Å²) >= 11 is 0. The molecule has 19 unspecified atom stereocenters. The van der Waals surface area contributed by atoms with Crippen molar-refractivity contribution in [2.75, 3.05) is 39.5 Å². The van der Waals surface area contributed by atoms with Gasteiger partial charge in [-0.1, -0.05) is 149 Å². The third kappa shape index (κ3) is 41.9. The van der Waals surface area contributed by atoms with Crippen LogP contribution in [0.3, 0.4) is 0 Å². The van der Waals surface area contributed by atoms with E-state index < -0.39 is 295 Å². The van der Waals surface area contributed by atoms with Gasteiger partial charge < -0.3 is 138 Å². The molecule has 0 bridgehead atoms. The van der Waals surface area contributed by atoms with Gasteiger partial charge in [-0.15, -0.1) is 0 Å². The van der Waals surface area contributed by atoms with E-state index in [4.69, 9.17) is 21.9 Å². The Bertz CT molecular complexity index is 4200. The highest BCUT2D eigenvalue weighted by molar-refractivity contribution is 6.05. The molecule has 2 heterocycles. The molecule has 2 saturated heterocycles. The number of carbonyl (C=O) groups excluding carboxylic acids is 20. The van der Waals surface area contributed by atoms with Crippen molar-refractivity contribution in [3.8, 4) is 0 Å². The molecule has 0 aromatic rings. The summed E-state index contributed by atoms with van der Waals surface area (Å²) in [5, 5.41) is 84.8. The molecule has 2 fully saturated rings. The zero-order valence-corrected chi connectivity index (χ0v) is 84.5. The third-order valence-electron chi connectivity index (χ3n) is 23.5. The number of nitrogens with one attached hydrogen (secondary N) is 17. The summed E-state index contributed by atoms with van der Waals surface area (Å²) in [4.78, 5) is 284. The molecule has 46 heteroatoms. The van der Waals surface area contributed by atoms with E-state index in [1.54, 1.807) is 111 Å². The first kappa shape index (κ1) is 124. The zero-order chi connectivity index (χ0) is 106. The number of aliphatic hydroxyl groups is 4. The average Bonchev–Trinajstić information content (AvgIpc) is 1.75. The van der Waals surface area contributed by atoms with Gasteiger partial charge in [0.25, 0.3) is 11.8 Å². The van der Waals surface area contributed by atoms with Gasteiger partial charge in [0.15, 0.2) is 0 Å². The summed E-state index contributed by atoms with van der Waals surface area (Å²) in [6, 6.07) is -24.2. The fourth-order valence-corrected chi connectivity index (χ4v) is 15.2. The van der Waals surface area contributed by atoms with Crippen LogP contribution in [0.4, 0.5) is 0 Å². The molecule has 19 amide bonds. The summed E-state index contributed by atoms with van der Waals surface area (Å²) in [6.07, 6.45) is 1.23. The number of cyclic esters (lactones) is 1. The van der Waals surface area contributed by atoms with Gasteiger partial charge >= 0.3 is 5.97 Å². The maximum absolute atomic E-state index is 14.7. The second kappa shape index (κ2) is 62.6. The second-order valence-corrected chi connectivity index (χ2v) is 38.2. The van der Waals surface area contributed by atoms with E-state index in [1.165, 1.54) is 31.7 Å². The number of hydrogen-bond donors (Lipinski definition) is 24. The van der Waals surface area contributed by atoms with Crippen molar-refractivity contribution in [1.82, 2.24) is 95.3 Å². The number of carbonyl (C=O) groups is 20. The maximum Gasteiger partial charge on any atom is 0.328 e. The van der Waals surface area contributed by atoms with E-state index >= 15 is 0 Å². The Morgan fingerprint density at radius 1 is 0.475 bits per heavy atom. The Kier molecular flexibility index (Phi) is 55.7. The molecule has 0 aromatic carbocycles. The van der Waals surface area contributed by atoms with Crippen LogP contribution in [0.2, 0.25) is 0 Å². The minimum absolute atomic E-state index is 0.0438. The highest BCUT2D eigenvalue weighted by atomic mass is 16.5. The number of esters is 1. The number of unbranched alkanes of at least 4 members (excludes halogenated alkanes) is 2. The van der Waals surface area contributed by atoms with Crippen molar-refractivity contribution < 1.29 is 121 Å². The molecule has 0 spiro atoms. The van der Waals surface area contributed by atoms with Crippen LogP contribution in [0.15, 0.2) is 23.5 Å². The SMILES string of the molecule is CC=C(NC(=O)C(NC(=O)C(CC(C)C)NC(=O)C(CCC(N)=O)NC(=O)C(NC(=O)C(NC(=O)C(CC(C)C)NC(=O)C(CO)NC(=O)C(NC(=O)C(CC(C)C)NC(=O)C(CO)NC(=O)C1CCCN1C(=O)C(=CC)NC(=O)CC(O)CCCC)C(C)C)C(C)C)C(C)C)C(C)C)C(=O)NC1C(=O)NC(C(C)CC)C(=O)NC(CCO)C(=O)NC(CCN)C(=O)NC(CCCCN)C(=O)OC1C. The van der Waals surface area contributed by atoms with E-state index in [-0.39, 0.29) is 107 Å². The summed E-state index contributed by atoms with van der Waals surface area (Å²) < 4.78 is 5.83. The Morgan fingerprint density at radius 2 is 0.899 bits per heavy atom. The lowest BCUT2D eigenvalue weighted by Gasteiger charge is -2.32. The lowest BCUT2D eigenvalue weighted by molar-refractivity contribution is -0.156. The summed E-state index contributed by atoms with van der Waals surface area (Å²) in [7, 11) is 0. The standard InChI is InChI=1S/C93H161N21O25/c1-21-25-29-55(118)43-69(120)97-57(24-4)92(137)114-38-28-31-67(114)85(130)106-65(44-116)83(128)104-63(41-47(7)8)81(126)109-71(50(13)14)88(133)107-66(45-117)84(129)105-64(42-48(9)10)82(127)110-73(52(17)18)89(134)111-72(51(15)16)87(132)100-58(32-33-68(96)119)77(122)103-62(40-46(5)6)80(125)108-70(49(11)12)86(131)98-56(23-3)76(121)113-75-54(20)139-93(138)61(30-26-27-36-94)102-78(123)59(34-37-95)99-79(124)60(35-39-115)101-90(135)74(53(19)22-2)112-91(75)136/h23-24,46-55,58-67,70-75,115-118H,21-22,25-45,94-95H2,1-20H3,(H2,96,119)(H,97,120)(H,98,131)(H,99,124)(H,100,132)(H,101,135)(H,102,123)(H,103,122)(H,104,128)(H,105,129)(H,106,130)(H,107,133)(H,108,125)(H,109,126)(H,110,127)(H,111,134)(H,112,136)(H,113,121). The van der Waals surface area contributed by atoms with Crippen molar-refractivity contribution in [3.63, 3.8) is 0 Å². The summed E-state index contributed by atoms with van der Waals surface area (Å²) in [6.45, 7) is 29.6. The Morgan fingerprint density at radius 3 is 1.33 bits per heavy atom. The number of amides is 19. The normalized spacial score (nSPS) is 20.1. The van der Waals surface area contributed by atoms with Crippen molar-refractivity contribution in [2.24, 2.45) is 64.5 Å². The first-order valence-corrected chi connectivity index (χ1v) is 48.5. The number of allylic oxidation sites excluding steroid dienone is 2. The van der Waals surface area contributed by atoms with Crippen LogP contribution in [0.5, 0.6) is 0 Å². The first-order chi connectivity index (χ1) is 65.2. The van der Waals surface area contributed by atoms with Gasteiger partial charge in [-0.2, -0.15) is 0 Å². The number of primary amides is 1. The molecular weight excluding hydrogens is 1810 g/mol. The Balaban J connectivity index is 2.46. The van der Waals surface area contributed by atoms with Gasteiger partial charge in [0.2, 0.25) is 100 Å². The number of rotatable bonds is 56. The molecule has 27 N–H and O–H groups in total. The Hall–Kier alpha value is -11.4. The smallest absolute Gasteiger partial charge is 0.328 e. The van der Waals surface area contributed by atoms with Gasteiger partial charge in [-0.05, 0) is 158 Å². The zero-order valence-electron chi connectivity index (χ0n) is 84.5. The van der Waals surface area contributed by atoms with E-state index in [2.05, 4.69) is 90.4 Å². The fraction of sp³-hybridized carbons (Fsp3) is 0.742. The number of nitrogens with zero attached hydrogens (tertiary/aromatic N) is 1. The van der Waals surface area contributed by atoms with Crippen LogP contribution in [0, 0.1) is 47.3 Å². The second-order valence-electron chi connectivity index (χ2n) is 38.2. The summed E-state index contributed by atoms with van der Waals surface area (Å²) in [5.41, 5.74) is 16.5. The topological polar surface area (TPSA) is 717 Å². The van der Waals surface area contributed by atoms with Crippen molar-refractivity contribution in [3.05, 3.63) is 23.5 Å². The molecule has 139 heavy (non-hydrogen) atoms. The van der Waals surface area contributed by atoms with Crippen LogP contribution < -0.4 is 108 Å². The maximum atomic E-state index is 14.7. The van der Waals surface area contributed by atoms with E-state index in [9.17, 15) is 116 Å². The van der Waals surface area contributed by atoms with Crippen LogP contribution in [-0.4, -0.2) is 292 Å².